The van der Waals surface area contributed by atoms with Crippen molar-refractivity contribution in [1.29, 1.82) is 0 Å². The summed E-state index contributed by atoms with van der Waals surface area (Å²) in [4.78, 5) is 53.0. The van der Waals surface area contributed by atoms with Gasteiger partial charge >= 0.3 is 18.3 Å². The van der Waals surface area contributed by atoms with Crippen LogP contribution >= 0.6 is 0 Å². The maximum absolute atomic E-state index is 14.2. The van der Waals surface area contributed by atoms with Gasteiger partial charge in [0.25, 0.3) is 5.91 Å². The Kier molecular flexibility index (Phi) is 7.60. The molecule has 10 nitrogen and oxygen atoms in total. The number of fused-ring (bicyclic) bond motifs is 2. The first-order chi connectivity index (χ1) is 19.8. The number of aliphatic hydroxyl groups is 1. The van der Waals surface area contributed by atoms with E-state index in [1.54, 1.807) is 0 Å². The van der Waals surface area contributed by atoms with E-state index in [2.05, 4.69) is 10.6 Å². The summed E-state index contributed by atoms with van der Waals surface area (Å²) in [5, 5.41) is 15.5. The third-order valence-corrected chi connectivity index (χ3v) is 7.79. The second-order valence-corrected chi connectivity index (χ2v) is 10.6. The van der Waals surface area contributed by atoms with Crippen LogP contribution in [-0.4, -0.2) is 64.7 Å². The van der Waals surface area contributed by atoms with Crippen molar-refractivity contribution in [2.45, 2.75) is 56.2 Å². The lowest BCUT2D eigenvalue weighted by Gasteiger charge is -2.35. The highest BCUT2D eigenvalue weighted by Crippen LogP contribution is 2.48. The summed E-state index contributed by atoms with van der Waals surface area (Å²) in [6.07, 6.45) is -6.69. The molecule has 3 N–H and O–H groups in total. The summed E-state index contributed by atoms with van der Waals surface area (Å²) in [5.74, 6) is -3.52. The van der Waals surface area contributed by atoms with Crippen LogP contribution in [0, 0.1) is 11.7 Å². The zero-order chi connectivity index (χ0) is 30.4. The van der Waals surface area contributed by atoms with Crippen molar-refractivity contribution in [3.8, 4) is 0 Å². The van der Waals surface area contributed by atoms with Crippen LogP contribution in [0.25, 0.3) is 0 Å². The van der Waals surface area contributed by atoms with Gasteiger partial charge in [0.2, 0.25) is 11.5 Å². The van der Waals surface area contributed by atoms with Crippen molar-refractivity contribution in [3.05, 3.63) is 65.0 Å². The highest BCUT2D eigenvalue weighted by molar-refractivity contribution is 6.06. The molecule has 1 spiro atoms. The molecule has 0 bridgehead atoms. The summed E-state index contributed by atoms with van der Waals surface area (Å²) in [5.41, 5.74) is -1.01. The normalized spacial score (nSPS) is 22.4. The van der Waals surface area contributed by atoms with Crippen LogP contribution < -0.4 is 10.6 Å². The number of rotatable bonds is 7. The van der Waals surface area contributed by atoms with Gasteiger partial charge in [-0.25, -0.2) is 18.9 Å². The molecule has 2 unspecified atom stereocenters. The number of nitrogens with one attached hydrogen (secondary N) is 2. The molecule has 224 valence electrons. The van der Waals surface area contributed by atoms with Gasteiger partial charge in [-0.2, -0.15) is 13.2 Å². The van der Waals surface area contributed by atoms with Crippen molar-refractivity contribution < 1.29 is 46.6 Å². The molecule has 14 heteroatoms. The number of carbonyl (C=O) groups excluding carboxylic acids is 4. The number of halogens is 4. The van der Waals surface area contributed by atoms with E-state index in [-0.39, 0.29) is 42.4 Å². The standard InChI is InChI=1S/C28H28F4N4O6/c1-33-25(40)34-18-8-9-20-19(12-18)21(37)10-11-27(20)24(39)36(26(41)42-27)14-22(38)35(13-15-2-6-17(29)7-3-15)23(16-4-5-16)28(30,31)32/h2-3,6-9,12,16,21,23,37H,4-5,10-11,13-14H2,1H3,(H2,33,34,40)/t21?,23-,27?/m0/s1. The Morgan fingerprint density at radius 1 is 1.14 bits per heavy atom. The fourth-order valence-corrected chi connectivity index (χ4v) is 5.59. The van der Waals surface area contributed by atoms with Gasteiger partial charge in [-0.15, -0.1) is 0 Å². The zero-order valence-corrected chi connectivity index (χ0v) is 22.4. The Hall–Kier alpha value is -4.20. The minimum Gasteiger partial charge on any atom is -0.427 e. The second kappa shape index (κ2) is 10.9. The first-order valence-corrected chi connectivity index (χ1v) is 13.3. The minimum absolute atomic E-state index is 0.00818. The highest BCUT2D eigenvalue weighted by Gasteiger charge is 2.59. The molecule has 0 radical (unpaired) electrons. The Morgan fingerprint density at radius 2 is 1.83 bits per heavy atom. The molecule has 1 saturated carbocycles. The number of hydrogen-bond acceptors (Lipinski definition) is 6. The van der Waals surface area contributed by atoms with Gasteiger partial charge in [0, 0.05) is 31.3 Å². The number of ether oxygens (including phenoxy) is 1. The third-order valence-electron chi connectivity index (χ3n) is 7.79. The topological polar surface area (TPSA) is 128 Å². The van der Waals surface area contributed by atoms with E-state index >= 15 is 0 Å². The quantitative estimate of drug-likeness (QED) is 0.418. The zero-order valence-electron chi connectivity index (χ0n) is 22.4. The number of amides is 5. The van der Waals surface area contributed by atoms with Gasteiger partial charge in [-0.3, -0.25) is 9.59 Å². The molecule has 1 aliphatic heterocycles. The average molecular weight is 593 g/mol. The summed E-state index contributed by atoms with van der Waals surface area (Å²) in [6.45, 7) is -1.52. The van der Waals surface area contributed by atoms with E-state index in [1.165, 1.54) is 37.4 Å². The predicted molar refractivity (Wildman–Crippen MR) is 138 cm³/mol. The van der Waals surface area contributed by atoms with Crippen LogP contribution in [0.1, 0.15) is 48.5 Å². The van der Waals surface area contributed by atoms with Crippen molar-refractivity contribution >= 4 is 29.6 Å². The van der Waals surface area contributed by atoms with Crippen LogP contribution in [0.4, 0.5) is 32.8 Å². The number of carbonyl (C=O) groups is 4. The average Bonchev–Trinajstić information content (AvgIpc) is 3.74. The van der Waals surface area contributed by atoms with E-state index in [1.807, 2.05) is 0 Å². The molecular formula is C28H28F4N4O6. The monoisotopic (exact) mass is 592 g/mol. The molecule has 2 aromatic carbocycles. The van der Waals surface area contributed by atoms with Gasteiger partial charge in [0.1, 0.15) is 18.4 Å². The van der Waals surface area contributed by atoms with Gasteiger partial charge in [-0.1, -0.05) is 18.2 Å². The van der Waals surface area contributed by atoms with Crippen LogP contribution in [0.3, 0.4) is 0 Å². The highest BCUT2D eigenvalue weighted by atomic mass is 19.4. The Labute approximate surface area is 237 Å². The predicted octanol–water partition coefficient (Wildman–Crippen LogP) is 3.95. The summed E-state index contributed by atoms with van der Waals surface area (Å²) in [7, 11) is 1.41. The summed E-state index contributed by atoms with van der Waals surface area (Å²) >= 11 is 0. The SMILES string of the molecule is CNC(=O)Nc1ccc2c(c1)C(O)CCC21OC(=O)N(CC(=O)N(Cc2ccc(F)cc2)[C@@H](C2CC2)C(F)(F)F)C1=O. The number of nitrogens with zero attached hydrogens (tertiary/aromatic N) is 2. The number of alkyl halides is 3. The molecule has 3 aliphatic rings. The van der Waals surface area contributed by atoms with Gasteiger partial charge in [0.15, 0.2) is 0 Å². The molecule has 2 fully saturated rings. The van der Waals surface area contributed by atoms with E-state index in [9.17, 15) is 41.8 Å². The van der Waals surface area contributed by atoms with E-state index < -0.39 is 72.7 Å². The van der Waals surface area contributed by atoms with Crippen LogP contribution in [0.5, 0.6) is 0 Å². The molecule has 3 atom stereocenters. The van der Waals surface area contributed by atoms with E-state index in [4.69, 9.17) is 4.74 Å². The van der Waals surface area contributed by atoms with E-state index in [0.717, 1.165) is 12.1 Å². The van der Waals surface area contributed by atoms with Crippen molar-refractivity contribution in [2.75, 3.05) is 18.9 Å². The van der Waals surface area contributed by atoms with Crippen molar-refractivity contribution in [1.82, 2.24) is 15.1 Å². The van der Waals surface area contributed by atoms with Crippen LogP contribution in [0.15, 0.2) is 42.5 Å². The maximum atomic E-state index is 14.2. The molecule has 0 aromatic heterocycles. The van der Waals surface area contributed by atoms with Crippen LogP contribution in [-0.2, 0) is 26.5 Å². The molecule has 2 aromatic rings. The molecule has 1 heterocycles. The first-order valence-electron chi connectivity index (χ1n) is 13.3. The number of hydrogen-bond donors (Lipinski definition) is 3. The van der Waals surface area contributed by atoms with Crippen LogP contribution in [0.2, 0.25) is 0 Å². The lowest BCUT2D eigenvalue weighted by Crippen LogP contribution is -2.53. The second-order valence-electron chi connectivity index (χ2n) is 10.6. The fourth-order valence-electron chi connectivity index (χ4n) is 5.59. The molecule has 5 rings (SSSR count). The van der Waals surface area contributed by atoms with E-state index in [0.29, 0.717) is 15.5 Å². The molecule has 2 aliphatic carbocycles. The third kappa shape index (κ3) is 5.50. The Balaban J connectivity index is 1.43. The Bertz CT molecular complexity index is 1410. The number of anilines is 1. The largest absolute Gasteiger partial charge is 0.427 e. The van der Waals surface area contributed by atoms with Crippen molar-refractivity contribution in [3.63, 3.8) is 0 Å². The minimum atomic E-state index is -4.79. The lowest BCUT2D eigenvalue weighted by molar-refractivity contribution is -0.196. The number of urea groups is 1. The maximum Gasteiger partial charge on any atom is 0.418 e. The number of imide groups is 1. The molecule has 5 amide bonds. The lowest BCUT2D eigenvalue weighted by atomic mass is 9.77. The molecular weight excluding hydrogens is 564 g/mol. The summed E-state index contributed by atoms with van der Waals surface area (Å²) < 4.78 is 61.5. The number of aliphatic hydroxyl groups excluding tert-OH is 1. The van der Waals surface area contributed by atoms with Gasteiger partial charge < -0.3 is 25.4 Å². The smallest absolute Gasteiger partial charge is 0.418 e. The number of benzene rings is 2. The summed E-state index contributed by atoms with van der Waals surface area (Å²) in [6, 6.07) is 6.24. The Morgan fingerprint density at radius 3 is 2.45 bits per heavy atom. The first kappa shape index (κ1) is 29.3. The fraction of sp³-hybridized carbons (Fsp3) is 0.429. The molecule has 42 heavy (non-hydrogen) atoms. The van der Waals surface area contributed by atoms with Gasteiger partial charge in [0.05, 0.1) is 6.10 Å². The molecule has 1 saturated heterocycles. The van der Waals surface area contributed by atoms with Crippen molar-refractivity contribution in [2.24, 2.45) is 5.92 Å². The van der Waals surface area contributed by atoms with Gasteiger partial charge in [-0.05, 0) is 60.6 Å².